The molecular weight excluding hydrogens is 166 g/mol. The number of hydrogen-bond acceptors (Lipinski definition) is 4. The van der Waals surface area contributed by atoms with Gasteiger partial charge in [0, 0.05) is 7.05 Å². The van der Waals surface area contributed by atoms with Crippen molar-refractivity contribution in [3.8, 4) is 0 Å². The van der Waals surface area contributed by atoms with Gasteiger partial charge in [0.25, 0.3) is 11.8 Å². The van der Waals surface area contributed by atoms with Crippen molar-refractivity contribution in [2.45, 2.75) is 6.04 Å². The average Bonchev–Trinajstić information content (AvgIpc) is 1.97. The minimum absolute atomic E-state index is 0.0988. The summed E-state index contributed by atoms with van der Waals surface area (Å²) in [4.78, 5) is 22.9. The molecule has 0 aromatic rings. The van der Waals surface area contributed by atoms with Crippen molar-refractivity contribution in [3.05, 3.63) is 0 Å². The molecule has 0 radical (unpaired) electrons. The summed E-state index contributed by atoms with van der Waals surface area (Å²) in [6.45, 7) is 0. The van der Waals surface area contributed by atoms with Crippen LogP contribution in [0.4, 0.5) is 0 Å². The molecular formula is C5H7N3O2S. The van der Waals surface area contributed by atoms with E-state index in [-0.39, 0.29) is 5.11 Å². The van der Waals surface area contributed by atoms with Gasteiger partial charge in [-0.05, 0) is 12.2 Å². The zero-order chi connectivity index (χ0) is 8.59. The van der Waals surface area contributed by atoms with Gasteiger partial charge in [0.05, 0.1) is 0 Å². The number of hydrogen-bond donors (Lipinski definition) is 2. The smallest absolute Gasteiger partial charge is 0.255 e. The van der Waals surface area contributed by atoms with Crippen LogP contribution in [0.2, 0.25) is 0 Å². The third-order valence-corrected chi connectivity index (χ3v) is 1.79. The molecule has 5 nitrogen and oxygen atoms in total. The van der Waals surface area contributed by atoms with Crippen molar-refractivity contribution >= 4 is 29.1 Å². The molecule has 3 N–H and O–H groups in total. The minimum atomic E-state index is -1.12. The fourth-order valence-corrected chi connectivity index (χ4v) is 0.878. The van der Waals surface area contributed by atoms with E-state index in [0.717, 1.165) is 4.90 Å². The molecule has 1 aliphatic rings. The lowest BCUT2D eigenvalue weighted by atomic mass is 10.2. The van der Waals surface area contributed by atoms with Gasteiger partial charge in [0.2, 0.25) is 0 Å². The van der Waals surface area contributed by atoms with E-state index in [1.807, 2.05) is 0 Å². The van der Waals surface area contributed by atoms with Gasteiger partial charge in [0.15, 0.2) is 11.2 Å². The van der Waals surface area contributed by atoms with E-state index in [1.165, 1.54) is 7.05 Å². The first-order valence-electron chi connectivity index (χ1n) is 2.92. The third-order valence-electron chi connectivity index (χ3n) is 1.41. The molecule has 2 amide bonds. The number of amides is 2. The van der Waals surface area contributed by atoms with Crippen molar-refractivity contribution < 1.29 is 9.59 Å². The van der Waals surface area contributed by atoms with Gasteiger partial charge in [-0.15, -0.1) is 0 Å². The predicted octanol–water partition coefficient (Wildman–Crippen LogP) is -1.81. The molecule has 1 fully saturated rings. The van der Waals surface area contributed by atoms with Crippen LogP contribution < -0.4 is 11.1 Å². The van der Waals surface area contributed by atoms with Gasteiger partial charge >= 0.3 is 0 Å². The molecule has 1 saturated heterocycles. The largest absolute Gasteiger partial charge is 0.312 e. The minimum Gasteiger partial charge on any atom is -0.312 e. The standard InChI is InChI=1S/C5H7N3O2S/c1-8-4(10)2(6)3(9)7-5(8)11/h2H,6H2,1H3,(H,7,9,11). The Morgan fingerprint density at radius 1 is 1.64 bits per heavy atom. The molecule has 0 saturated carbocycles. The lowest BCUT2D eigenvalue weighted by Gasteiger charge is -2.26. The SMILES string of the molecule is CN1C(=O)C(N)C(=O)NC1=S. The van der Waals surface area contributed by atoms with Crippen molar-refractivity contribution in [2.24, 2.45) is 5.73 Å². The van der Waals surface area contributed by atoms with Crippen molar-refractivity contribution in [2.75, 3.05) is 7.05 Å². The maximum atomic E-state index is 11.0. The normalized spacial score (nSPS) is 25.5. The maximum absolute atomic E-state index is 11.0. The monoisotopic (exact) mass is 173 g/mol. The highest BCUT2D eigenvalue weighted by atomic mass is 32.1. The fourth-order valence-electron chi connectivity index (χ4n) is 0.688. The summed E-state index contributed by atoms with van der Waals surface area (Å²) in [5.41, 5.74) is 5.21. The molecule has 0 aromatic carbocycles. The average molecular weight is 173 g/mol. The Hall–Kier alpha value is -1.01. The molecule has 1 rings (SSSR count). The van der Waals surface area contributed by atoms with E-state index in [4.69, 9.17) is 5.73 Å². The molecule has 0 spiro atoms. The molecule has 1 atom stereocenters. The van der Waals surface area contributed by atoms with E-state index in [0.29, 0.717) is 0 Å². The zero-order valence-corrected chi connectivity index (χ0v) is 6.64. The van der Waals surface area contributed by atoms with Crippen LogP contribution in [0, 0.1) is 0 Å². The summed E-state index contributed by atoms with van der Waals surface area (Å²) >= 11 is 4.65. The first-order chi connectivity index (χ1) is 5.04. The van der Waals surface area contributed by atoms with E-state index in [2.05, 4.69) is 17.5 Å². The number of rotatable bonds is 0. The molecule has 6 heteroatoms. The third kappa shape index (κ3) is 1.22. The lowest BCUT2D eigenvalue weighted by molar-refractivity contribution is -0.136. The van der Waals surface area contributed by atoms with Crippen LogP contribution in [0.25, 0.3) is 0 Å². The van der Waals surface area contributed by atoms with Crippen LogP contribution in [-0.4, -0.2) is 34.9 Å². The predicted molar refractivity (Wildman–Crippen MR) is 41.5 cm³/mol. The van der Waals surface area contributed by atoms with Crippen LogP contribution in [-0.2, 0) is 9.59 Å². The number of carbonyl (C=O) groups is 2. The number of carbonyl (C=O) groups excluding carboxylic acids is 2. The van der Waals surface area contributed by atoms with Crippen molar-refractivity contribution in [1.82, 2.24) is 10.2 Å². The second-order valence-corrected chi connectivity index (χ2v) is 2.56. The number of thiocarbonyl (C=S) groups is 1. The highest BCUT2D eigenvalue weighted by molar-refractivity contribution is 7.80. The summed E-state index contributed by atoms with van der Waals surface area (Å²) in [7, 11) is 1.46. The first-order valence-corrected chi connectivity index (χ1v) is 3.33. The Kier molecular flexibility index (Phi) is 1.88. The van der Waals surface area contributed by atoms with E-state index in [9.17, 15) is 9.59 Å². The summed E-state index contributed by atoms with van der Waals surface area (Å²) < 4.78 is 0. The highest BCUT2D eigenvalue weighted by Gasteiger charge is 2.33. The molecule has 1 heterocycles. The van der Waals surface area contributed by atoms with Gasteiger partial charge in [-0.2, -0.15) is 0 Å². The Morgan fingerprint density at radius 2 is 2.18 bits per heavy atom. The van der Waals surface area contributed by atoms with Gasteiger partial charge in [-0.1, -0.05) is 0 Å². The zero-order valence-electron chi connectivity index (χ0n) is 5.83. The molecule has 0 bridgehead atoms. The Bertz CT molecular complexity index is 218. The second kappa shape index (κ2) is 2.55. The maximum Gasteiger partial charge on any atom is 0.255 e. The van der Waals surface area contributed by atoms with Gasteiger partial charge < -0.3 is 11.1 Å². The van der Waals surface area contributed by atoms with Crippen LogP contribution in [0.15, 0.2) is 0 Å². The van der Waals surface area contributed by atoms with Gasteiger partial charge in [0.1, 0.15) is 0 Å². The van der Waals surface area contributed by atoms with Crippen LogP contribution in [0.5, 0.6) is 0 Å². The highest BCUT2D eigenvalue weighted by Crippen LogP contribution is 1.98. The molecule has 1 unspecified atom stereocenters. The Morgan fingerprint density at radius 3 is 2.73 bits per heavy atom. The molecule has 1 aliphatic heterocycles. The molecule has 0 aliphatic carbocycles. The van der Waals surface area contributed by atoms with Crippen molar-refractivity contribution in [1.29, 1.82) is 0 Å². The van der Waals surface area contributed by atoms with Crippen LogP contribution >= 0.6 is 12.2 Å². The summed E-state index contributed by atoms with van der Waals surface area (Å²) in [5.74, 6) is -1.02. The second-order valence-electron chi connectivity index (χ2n) is 2.17. The van der Waals surface area contributed by atoms with Gasteiger partial charge in [-0.3, -0.25) is 14.5 Å². The van der Waals surface area contributed by atoms with E-state index < -0.39 is 17.9 Å². The first kappa shape index (κ1) is 8.09. The van der Waals surface area contributed by atoms with Crippen molar-refractivity contribution in [3.63, 3.8) is 0 Å². The summed E-state index contributed by atoms with van der Waals surface area (Å²) in [5, 5.41) is 2.38. The number of nitrogens with zero attached hydrogens (tertiary/aromatic N) is 1. The van der Waals surface area contributed by atoms with E-state index >= 15 is 0 Å². The summed E-state index contributed by atoms with van der Waals surface area (Å²) in [6, 6.07) is -1.12. The number of nitrogens with one attached hydrogen (secondary N) is 1. The topological polar surface area (TPSA) is 75.4 Å². The quantitative estimate of drug-likeness (QED) is 0.334. The lowest BCUT2D eigenvalue weighted by Crippen LogP contribution is -2.62. The Labute approximate surface area is 68.5 Å². The number of likely N-dealkylation sites (N-methyl/N-ethyl adjacent to an activating group) is 1. The Balaban J connectivity index is 2.87. The van der Waals surface area contributed by atoms with E-state index in [1.54, 1.807) is 0 Å². The number of nitrogens with two attached hydrogens (primary N) is 1. The molecule has 11 heavy (non-hydrogen) atoms. The fraction of sp³-hybridized carbons (Fsp3) is 0.400. The van der Waals surface area contributed by atoms with Crippen LogP contribution in [0.3, 0.4) is 0 Å². The molecule has 60 valence electrons. The van der Waals surface area contributed by atoms with Crippen LogP contribution in [0.1, 0.15) is 0 Å². The molecule has 0 aromatic heterocycles. The van der Waals surface area contributed by atoms with Gasteiger partial charge in [-0.25, -0.2) is 0 Å². The summed E-state index contributed by atoms with van der Waals surface area (Å²) in [6.07, 6.45) is 0.